The van der Waals surface area contributed by atoms with Crippen molar-refractivity contribution in [3.05, 3.63) is 71.8 Å². The van der Waals surface area contributed by atoms with Crippen molar-refractivity contribution in [3.8, 4) is 0 Å². The average Bonchev–Trinajstić information content (AvgIpc) is 3.42. The maximum absolute atomic E-state index is 6.11. The number of aromatic nitrogens is 5. The highest BCUT2D eigenvalue weighted by atomic mass is 35.5. The van der Waals surface area contributed by atoms with Crippen molar-refractivity contribution in [1.29, 1.82) is 0 Å². The Bertz CT molecular complexity index is 1210. The average molecular weight is 406 g/mol. The summed E-state index contributed by atoms with van der Waals surface area (Å²) >= 11 is 6.11. The summed E-state index contributed by atoms with van der Waals surface area (Å²) in [4.78, 5) is 11.7. The quantitative estimate of drug-likeness (QED) is 0.550. The number of nitrogens with zero attached hydrogens (tertiary/aromatic N) is 8. The summed E-state index contributed by atoms with van der Waals surface area (Å²) in [5.41, 5.74) is 3.07. The standard InChI is InChI=1S/C19H16ClN9/c20-14-7-5-13(6-8-14)17-25-18-21-9-27(26-10-22-23-11-26)12-28(18)19-24-15-3-1-2-4-16(15)29(17)19/h1-8,10-11,17H,9,12H2,(H,21,25)/t17-/m1/s1. The molecule has 9 nitrogen and oxygen atoms in total. The van der Waals surface area contributed by atoms with Crippen molar-refractivity contribution < 1.29 is 0 Å². The number of aliphatic imine (C=N–C) groups is 1. The summed E-state index contributed by atoms with van der Waals surface area (Å²) in [6, 6.07) is 16.0. The van der Waals surface area contributed by atoms with E-state index in [1.54, 1.807) is 12.7 Å². The Morgan fingerprint density at radius 2 is 1.79 bits per heavy atom. The SMILES string of the molecule is Clc1ccc([C@@H]2NC3=NCN(n4cnnc4)CN3c3nc4ccccc4n32)cc1. The van der Waals surface area contributed by atoms with Crippen LogP contribution < -0.4 is 15.2 Å². The highest BCUT2D eigenvalue weighted by Gasteiger charge is 2.36. The zero-order valence-corrected chi connectivity index (χ0v) is 16.0. The predicted molar refractivity (Wildman–Crippen MR) is 110 cm³/mol. The molecule has 1 atom stereocenters. The van der Waals surface area contributed by atoms with Gasteiger partial charge in [-0.05, 0) is 29.8 Å². The summed E-state index contributed by atoms with van der Waals surface area (Å²) in [5.74, 6) is 1.62. The van der Waals surface area contributed by atoms with Gasteiger partial charge in [-0.2, -0.15) is 0 Å². The van der Waals surface area contributed by atoms with Gasteiger partial charge in [-0.3, -0.25) is 14.5 Å². The lowest BCUT2D eigenvalue weighted by Gasteiger charge is -2.42. The van der Waals surface area contributed by atoms with E-state index in [-0.39, 0.29) is 6.17 Å². The van der Waals surface area contributed by atoms with E-state index in [2.05, 4.69) is 31.0 Å². The minimum Gasteiger partial charge on any atom is -0.331 e. The highest BCUT2D eigenvalue weighted by Crippen LogP contribution is 2.34. The summed E-state index contributed by atoms with van der Waals surface area (Å²) in [6.07, 6.45) is 3.19. The Kier molecular flexibility index (Phi) is 3.51. The summed E-state index contributed by atoms with van der Waals surface area (Å²) < 4.78 is 4.03. The van der Waals surface area contributed by atoms with Crippen LogP contribution in [0.5, 0.6) is 0 Å². The predicted octanol–water partition coefficient (Wildman–Crippen LogP) is 2.16. The largest absolute Gasteiger partial charge is 0.331 e. The first kappa shape index (κ1) is 16.4. The van der Waals surface area contributed by atoms with E-state index in [0.717, 1.165) is 28.5 Å². The van der Waals surface area contributed by atoms with E-state index in [9.17, 15) is 0 Å². The minimum absolute atomic E-state index is 0.133. The number of anilines is 1. The molecule has 0 saturated heterocycles. The van der Waals surface area contributed by atoms with Gasteiger partial charge in [-0.25, -0.2) is 14.7 Å². The van der Waals surface area contributed by atoms with Crippen molar-refractivity contribution in [2.24, 2.45) is 4.99 Å². The zero-order valence-electron chi connectivity index (χ0n) is 15.2. The van der Waals surface area contributed by atoms with Gasteiger partial charge in [0.2, 0.25) is 11.9 Å². The minimum atomic E-state index is -0.133. The number of para-hydroxylation sites is 2. The van der Waals surface area contributed by atoms with Crippen LogP contribution >= 0.6 is 11.6 Å². The van der Waals surface area contributed by atoms with Crippen LogP contribution in [-0.4, -0.2) is 43.7 Å². The van der Waals surface area contributed by atoms with Crippen LogP contribution in [0.4, 0.5) is 5.95 Å². The van der Waals surface area contributed by atoms with Crippen molar-refractivity contribution in [2.75, 3.05) is 23.2 Å². The lowest BCUT2D eigenvalue weighted by Crippen LogP contribution is -2.59. The summed E-state index contributed by atoms with van der Waals surface area (Å²) in [7, 11) is 0. The lowest BCUT2D eigenvalue weighted by atomic mass is 10.1. The molecular weight excluding hydrogens is 390 g/mol. The molecule has 0 bridgehead atoms. The molecule has 6 rings (SSSR count). The second-order valence-corrected chi connectivity index (χ2v) is 7.35. The van der Waals surface area contributed by atoms with Crippen LogP contribution in [-0.2, 0) is 0 Å². The van der Waals surface area contributed by atoms with Crippen LogP contribution in [0, 0.1) is 0 Å². The number of fused-ring (bicyclic) bond motifs is 5. The van der Waals surface area contributed by atoms with Gasteiger partial charge in [0.25, 0.3) is 0 Å². The molecule has 2 aromatic heterocycles. The van der Waals surface area contributed by atoms with Gasteiger partial charge in [0.05, 0.1) is 11.0 Å². The molecule has 1 N–H and O–H groups in total. The van der Waals surface area contributed by atoms with Crippen molar-refractivity contribution >= 4 is 34.5 Å². The first-order chi connectivity index (χ1) is 14.3. The number of hydrogen-bond donors (Lipinski definition) is 1. The third-order valence-electron chi connectivity index (χ3n) is 5.21. The zero-order chi connectivity index (χ0) is 19.4. The Morgan fingerprint density at radius 3 is 2.62 bits per heavy atom. The fourth-order valence-electron chi connectivity index (χ4n) is 3.82. The molecule has 0 unspecified atom stereocenters. The van der Waals surface area contributed by atoms with Gasteiger partial charge in [-0.15, -0.1) is 10.2 Å². The maximum Gasteiger partial charge on any atom is 0.217 e. The van der Waals surface area contributed by atoms with Gasteiger partial charge in [-0.1, -0.05) is 35.9 Å². The molecule has 144 valence electrons. The Morgan fingerprint density at radius 1 is 1.00 bits per heavy atom. The molecule has 0 amide bonds. The van der Waals surface area contributed by atoms with Crippen LogP contribution in [0.2, 0.25) is 5.02 Å². The number of benzene rings is 2. The van der Waals surface area contributed by atoms with Crippen LogP contribution in [0.3, 0.4) is 0 Å². The number of nitrogens with one attached hydrogen (secondary N) is 1. The van der Waals surface area contributed by atoms with E-state index in [0.29, 0.717) is 18.4 Å². The molecule has 4 aromatic rings. The maximum atomic E-state index is 6.11. The molecule has 4 heterocycles. The Labute approximate surface area is 170 Å². The number of rotatable bonds is 2. The molecule has 0 aliphatic carbocycles. The van der Waals surface area contributed by atoms with Crippen molar-refractivity contribution in [3.63, 3.8) is 0 Å². The molecule has 0 saturated carbocycles. The van der Waals surface area contributed by atoms with E-state index in [1.165, 1.54) is 0 Å². The lowest BCUT2D eigenvalue weighted by molar-refractivity contribution is 0.495. The molecule has 2 aliphatic rings. The number of hydrogen-bond acceptors (Lipinski definition) is 7. The van der Waals surface area contributed by atoms with Crippen LogP contribution in [0.1, 0.15) is 11.7 Å². The molecule has 0 spiro atoms. The molecule has 29 heavy (non-hydrogen) atoms. The third-order valence-corrected chi connectivity index (χ3v) is 5.46. The first-order valence-electron chi connectivity index (χ1n) is 9.19. The molecule has 10 heteroatoms. The third kappa shape index (κ3) is 2.54. The molecule has 0 fully saturated rings. The topological polar surface area (TPSA) is 79.4 Å². The van der Waals surface area contributed by atoms with E-state index in [4.69, 9.17) is 21.6 Å². The number of imidazole rings is 1. The summed E-state index contributed by atoms with van der Waals surface area (Å²) in [5, 5.41) is 14.1. The van der Waals surface area contributed by atoms with Crippen LogP contribution in [0.25, 0.3) is 11.0 Å². The van der Waals surface area contributed by atoms with E-state index < -0.39 is 0 Å². The molecule has 2 aromatic carbocycles. The van der Waals surface area contributed by atoms with Crippen molar-refractivity contribution in [1.82, 2.24) is 29.7 Å². The Balaban J connectivity index is 1.51. The van der Waals surface area contributed by atoms with Crippen LogP contribution in [0.15, 0.2) is 66.2 Å². The first-order valence-corrected chi connectivity index (χ1v) is 9.56. The molecular formula is C19H16ClN9. The second-order valence-electron chi connectivity index (χ2n) is 6.91. The monoisotopic (exact) mass is 405 g/mol. The highest BCUT2D eigenvalue weighted by molar-refractivity contribution is 6.30. The second kappa shape index (κ2) is 6.21. The molecule has 2 aliphatic heterocycles. The van der Waals surface area contributed by atoms with Gasteiger partial charge in [0.15, 0.2) is 0 Å². The molecule has 0 radical (unpaired) electrons. The van der Waals surface area contributed by atoms with Gasteiger partial charge >= 0.3 is 0 Å². The number of halogens is 1. The smallest absolute Gasteiger partial charge is 0.217 e. The van der Waals surface area contributed by atoms with Gasteiger partial charge in [0, 0.05) is 5.02 Å². The Hall–Kier alpha value is -3.59. The van der Waals surface area contributed by atoms with Gasteiger partial charge < -0.3 is 5.32 Å². The fourth-order valence-corrected chi connectivity index (χ4v) is 3.94. The van der Waals surface area contributed by atoms with Gasteiger partial charge in [0.1, 0.15) is 32.2 Å². The number of guanidine groups is 1. The normalized spacial score (nSPS) is 18.2. The van der Waals surface area contributed by atoms with E-state index in [1.807, 2.05) is 52.1 Å². The summed E-state index contributed by atoms with van der Waals surface area (Å²) in [6.45, 7) is 1.06. The van der Waals surface area contributed by atoms with Crippen molar-refractivity contribution in [2.45, 2.75) is 6.17 Å². The van der Waals surface area contributed by atoms with E-state index >= 15 is 0 Å². The fraction of sp³-hybridized carbons (Fsp3) is 0.158.